The molecule has 2 aromatic carbocycles. The van der Waals surface area contributed by atoms with E-state index in [1.807, 2.05) is 37.9 Å². The molecule has 0 aliphatic heterocycles. The van der Waals surface area contributed by atoms with E-state index in [2.05, 4.69) is 6.07 Å². The molecule has 0 saturated carbocycles. The van der Waals surface area contributed by atoms with Crippen molar-refractivity contribution in [1.29, 1.82) is 0 Å². The molecule has 0 atom stereocenters. The predicted octanol–water partition coefficient (Wildman–Crippen LogP) is 3.78. The summed E-state index contributed by atoms with van der Waals surface area (Å²) in [7, 11) is 1.89. The van der Waals surface area contributed by atoms with Crippen LogP contribution in [0.4, 0.5) is 10.1 Å². The number of aryl methyl sites for hydroxylation is 2. The largest absolute Gasteiger partial charge is 0.478 e. The van der Waals surface area contributed by atoms with Gasteiger partial charge in [-0.15, -0.1) is 0 Å². The lowest BCUT2D eigenvalue weighted by Crippen LogP contribution is -2.17. The van der Waals surface area contributed by atoms with Gasteiger partial charge in [-0.05, 0) is 49.2 Å². The quantitative estimate of drug-likeness (QED) is 0.930. The Kier molecular flexibility index (Phi) is 4.26. The molecule has 0 radical (unpaired) electrons. The van der Waals surface area contributed by atoms with Crippen LogP contribution >= 0.6 is 0 Å². The molecule has 0 unspecified atom stereocenters. The highest BCUT2D eigenvalue weighted by Crippen LogP contribution is 2.21. The molecule has 0 spiro atoms. The number of halogens is 1. The fourth-order valence-corrected chi connectivity index (χ4v) is 2.33. The van der Waals surface area contributed by atoms with Gasteiger partial charge in [0.25, 0.3) is 0 Å². The number of carbonyl (C=O) groups is 1. The fourth-order valence-electron chi connectivity index (χ4n) is 2.33. The van der Waals surface area contributed by atoms with Gasteiger partial charge < -0.3 is 10.0 Å². The van der Waals surface area contributed by atoms with E-state index in [1.165, 1.54) is 12.1 Å². The van der Waals surface area contributed by atoms with Gasteiger partial charge in [-0.2, -0.15) is 0 Å². The van der Waals surface area contributed by atoms with E-state index in [-0.39, 0.29) is 5.56 Å². The Morgan fingerprint density at radius 2 is 1.76 bits per heavy atom. The van der Waals surface area contributed by atoms with Crippen LogP contribution in [0.5, 0.6) is 0 Å². The van der Waals surface area contributed by atoms with Gasteiger partial charge in [-0.25, -0.2) is 9.18 Å². The molecule has 0 aliphatic carbocycles. The Balaban J connectivity index is 2.23. The SMILES string of the molecule is Cc1cc(C)cc(N(C)Cc2ccc(C(=O)O)cc2F)c1. The Hall–Kier alpha value is -2.36. The number of benzene rings is 2. The molecule has 1 N–H and O–H groups in total. The van der Waals surface area contributed by atoms with E-state index >= 15 is 0 Å². The zero-order valence-electron chi connectivity index (χ0n) is 12.4. The summed E-state index contributed by atoms with van der Waals surface area (Å²) in [6, 6.07) is 10.2. The second-order valence-electron chi connectivity index (χ2n) is 5.31. The summed E-state index contributed by atoms with van der Waals surface area (Å²) >= 11 is 0. The van der Waals surface area contributed by atoms with Crippen LogP contribution in [0.15, 0.2) is 36.4 Å². The Morgan fingerprint density at radius 3 is 2.29 bits per heavy atom. The third-order valence-electron chi connectivity index (χ3n) is 3.35. The van der Waals surface area contributed by atoms with E-state index in [4.69, 9.17) is 5.11 Å². The first kappa shape index (κ1) is 15.0. The summed E-state index contributed by atoms with van der Waals surface area (Å²) in [5, 5.41) is 8.84. The van der Waals surface area contributed by atoms with Crippen LogP contribution in [0.2, 0.25) is 0 Å². The molecule has 2 aromatic rings. The molecule has 0 aromatic heterocycles. The first-order valence-corrected chi connectivity index (χ1v) is 6.68. The normalized spacial score (nSPS) is 10.5. The van der Waals surface area contributed by atoms with E-state index < -0.39 is 11.8 Å². The topological polar surface area (TPSA) is 40.5 Å². The number of nitrogens with zero attached hydrogens (tertiary/aromatic N) is 1. The molecular weight excluding hydrogens is 269 g/mol. The Morgan fingerprint density at radius 1 is 1.14 bits per heavy atom. The molecular formula is C17H18FNO2. The number of carboxylic acid groups (broad SMARTS) is 1. The molecule has 0 bridgehead atoms. The van der Waals surface area contributed by atoms with Gasteiger partial charge >= 0.3 is 5.97 Å². The molecule has 0 aliphatic rings. The molecule has 0 fully saturated rings. The standard InChI is InChI=1S/C17H18FNO2/c1-11-6-12(2)8-15(7-11)19(3)10-14-5-4-13(17(20)21)9-16(14)18/h4-9H,10H2,1-3H3,(H,20,21). The molecule has 110 valence electrons. The van der Waals surface area contributed by atoms with E-state index in [1.54, 1.807) is 0 Å². The van der Waals surface area contributed by atoms with Crippen molar-refractivity contribution in [3.8, 4) is 0 Å². The van der Waals surface area contributed by atoms with Crippen molar-refractivity contribution in [1.82, 2.24) is 0 Å². The summed E-state index contributed by atoms with van der Waals surface area (Å²) in [6.07, 6.45) is 0. The summed E-state index contributed by atoms with van der Waals surface area (Å²) in [5.74, 6) is -1.62. The lowest BCUT2D eigenvalue weighted by Gasteiger charge is -2.21. The molecule has 3 nitrogen and oxygen atoms in total. The highest BCUT2D eigenvalue weighted by Gasteiger charge is 2.11. The van der Waals surface area contributed by atoms with E-state index in [9.17, 15) is 9.18 Å². The first-order chi connectivity index (χ1) is 9.86. The fraction of sp³-hybridized carbons (Fsp3) is 0.235. The summed E-state index contributed by atoms with van der Waals surface area (Å²) < 4.78 is 14.0. The van der Waals surface area contributed by atoms with E-state index in [0.717, 1.165) is 22.9 Å². The van der Waals surface area contributed by atoms with Crippen molar-refractivity contribution in [2.24, 2.45) is 0 Å². The zero-order valence-corrected chi connectivity index (χ0v) is 12.4. The minimum atomic E-state index is -1.12. The minimum absolute atomic E-state index is 0.0368. The van der Waals surface area contributed by atoms with Crippen molar-refractivity contribution in [2.75, 3.05) is 11.9 Å². The van der Waals surface area contributed by atoms with Gasteiger partial charge in [-0.1, -0.05) is 12.1 Å². The molecule has 2 rings (SSSR count). The number of carboxylic acids is 1. The van der Waals surface area contributed by atoms with Crippen molar-refractivity contribution < 1.29 is 14.3 Å². The van der Waals surface area contributed by atoms with Gasteiger partial charge in [0, 0.05) is 24.8 Å². The molecule has 0 heterocycles. The van der Waals surface area contributed by atoms with Gasteiger partial charge in [0.15, 0.2) is 0 Å². The maximum atomic E-state index is 14.0. The van der Waals surface area contributed by atoms with Crippen LogP contribution in [-0.2, 0) is 6.54 Å². The van der Waals surface area contributed by atoms with Gasteiger partial charge in [0.1, 0.15) is 5.82 Å². The van der Waals surface area contributed by atoms with Crippen LogP contribution in [0.25, 0.3) is 0 Å². The second-order valence-corrected chi connectivity index (χ2v) is 5.31. The lowest BCUT2D eigenvalue weighted by molar-refractivity contribution is 0.0696. The van der Waals surface area contributed by atoms with Gasteiger partial charge in [-0.3, -0.25) is 0 Å². The Bertz CT molecular complexity index is 662. The summed E-state index contributed by atoms with van der Waals surface area (Å²) in [6.45, 7) is 4.42. The third-order valence-corrected chi connectivity index (χ3v) is 3.35. The average Bonchev–Trinajstić information content (AvgIpc) is 2.39. The highest BCUT2D eigenvalue weighted by atomic mass is 19.1. The van der Waals surface area contributed by atoms with Crippen molar-refractivity contribution >= 4 is 11.7 Å². The maximum absolute atomic E-state index is 14.0. The monoisotopic (exact) mass is 287 g/mol. The van der Waals surface area contributed by atoms with Gasteiger partial charge in [0.05, 0.1) is 5.56 Å². The highest BCUT2D eigenvalue weighted by molar-refractivity contribution is 5.87. The van der Waals surface area contributed by atoms with E-state index in [0.29, 0.717) is 12.1 Å². The third kappa shape index (κ3) is 3.60. The predicted molar refractivity (Wildman–Crippen MR) is 81.4 cm³/mol. The van der Waals surface area contributed by atoms with Gasteiger partial charge in [0.2, 0.25) is 0 Å². The van der Waals surface area contributed by atoms with Crippen LogP contribution in [0, 0.1) is 19.7 Å². The number of aromatic carboxylic acids is 1. The van der Waals surface area contributed by atoms with Crippen molar-refractivity contribution in [3.63, 3.8) is 0 Å². The number of anilines is 1. The smallest absolute Gasteiger partial charge is 0.335 e. The van der Waals surface area contributed by atoms with Crippen LogP contribution in [0.3, 0.4) is 0 Å². The zero-order chi connectivity index (χ0) is 15.6. The second kappa shape index (κ2) is 5.95. The van der Waals surface area contributed by atoms with Crippen molar-refractivity contribution in [2.45, 2.75) is 20.4 Å². The minimum Gasteiger partial charge on any atom is -0.478 e. The molecule has 21 heavy (non-hydrogen) atoms. The number of hydrogen-bond donors (Lipinski definition) is 1. The average molecular weight is 287 g/mol. The molecule has 0 amide bonds. The summed E-state index contributed by atoms with van der Waals surface area (Å²) in [5.41, 5.74) is 3.75. The Labute approximate surface area is 123 Å². The molecule has 4 heteroatoms. The van der Waals surface area contributed by atoms with Crippen LogP contribution in [-0.4, -0.2) is 18.1 Å². The molecule has 0 saturated heterocycles. The maximum Gasteiger partial charge on any atom is 0.335 e. The van der Waals surface area contributed by atoms with Crippen molar-refractivity contribution in [3.05, 3.63) is 64.5 Å². The summed E-state index contributed by atoms with van der Waals surface area (Å²) in [4.78, 5) is 12.7. The number of hydrogen-bond acceptors (Lipinski definition) is 2. The first-order valence-electron chi connectivity index (χ1n) is 6.68. The lowest BCUT2D eigenvalue weighted by atomic mass is 10.1. The van der Waals surface area contributed by atoms with Crippen LogP contribution in [0.1, 0.15) is 27.0 Å². The number of rotatable bonds is 4. The van der Waals surface area contributed by atoms with Crippen LogP contribution < -0.4 is 4.90 Å².